The molecule has 4 nitrogen and oxygen atoms in total. The Kier molecular flexibility index (Phi) is 2.96. The highest BCUT2D eigenvalue weighted by molar-refractivity contribution is 5.44. The minimum atomic E-state index is -0.0204. The molecule has 0 bridgehead atoms. The fourth-order valence-electron chi connectivity index (χ4n) is 1.70. The highest BCUT2D eigenvalue weighted by Gasteiger charge is 2.21. The molecule has 1 fully saturated rings. The van der Waals surface area contributed by atoms with Gasteiger partial charge in [-0.1, -0.05) is 0 Å². The second kappa shape index (κ2) is 4.39. The summed E-state index contributed by atoms with van der Waals surface area (Å²) in [6.07, 6.45) is 4.75. The summed E-state index contributed by atoms with van der Waals surface area (Å²) in [5.74, 6) is 0. The molecule has 1 N–H and O–H groups in total. The number of pyridine rings is 1. The van der Waals surface area contributed by atoms with Crippen LogP contribution in [0.3, 0.4) is 0 Å². The van der Waals surface area contributed by atoms with E-state index in [4.69, 9.17) is 4.74 Å². The van der Waals surface area contributed by atoms with E-state index < -0.39 is 0 Å². The Balaban J connectivity index is 2.15. The molecule has 0 amide bonds. The Morgan fingerprint density at radius 3 is 3.29 bits per heavy atom. The lowest BCUT2D eigenvalue weighted by atomic mass is 10.3. The Labute approximate surface area is 83.9 Å². The first kappa shape index (κ1) is 9.43. The molecule has 4 heteroatoms. The van der Waals surface area contributed by atoms with Crippen LogP contribution in [0.25, 0.3) is 0 Å². The second-order valence-electron chi connectivity index (χ2n) is 3.30. The van der Waals surface area contributed by atoms with Gasteiger partial charge >= 0.3 is 0 Å². The van der Waals surface area contributed by atoms with Gasteiger partial charge in [-0.2, -0.15) is 0 Å². The zero-order valence-corrected chi connectivity index (χ0v) is 8.31. The van der Waals surface area contributed by atoms with Gasteiger partial charge in [-0.25, -0.2) is 0 Å². The van der Waals surface area contributed by atoms with Crippen molar-refractivity contribution in [2.45, 2.75) is 12.8 Å². The first-order valence-corrected chi connectivity index (χ1v) is 4.84. The number of hydrogen-bond acceptors (Lipinski definition) is 4. The van der Waals surface area contributed by atoms with Gasteiger partial charge in [0, 0.05) is 26.4 Å². The average molecular weight is 193 g/mol. The predicted molar refractivity (Wildman–Crippen MR) is 55.0 cm³/mol. The van der Waals surface area contributed by atoms with E-state index >= 15 is 0 Å². The SMILES string of the molecule is COC1NCCCN1c1cccnc1. The van der Waals surface area contributed by atoms with Gasteiger partial charge in [-0.15, -0.1) is 0 Å². The number of hydrogen-bond donors (Lipinski definition) is 1. The summed E-state index contributed by atoms with van der Waals surface area (Å²) in [6, 6.07) is 3.99. The van der Waals surface area contributed by atoms with Crippen LogP contribution in [0.15, 0.2) is 24.5 Å². The van der Waals surface area contributed by atoms with Crippen LogP contribution in [-0.4, -0.2) is 31.5 Å². The molecule has 1 aliphatic rings. The number of anilines is 1. The van der Waals surface area contributed by atoms with Crippen molar-refractivity contribution in [2.75, 3.05) is 25.1 Å². The first-order valence-electron chi connectivity index (χ1n) is 4.84. The van der Waals surface area contributed by atoms with E-state index in [0.29, 0.717) is 0 Å². The minimum Gasteiger partial charge on any atom is -0.348 e. The largest absolute Gasteiger partial charge is 0.348 e. The molecule has 1 saturated heterocycles. The van der Waals surface area contributed by atoms with Gasteiger partial charge in [0.2, 0.25) is 0 Å². The molecule has 0 radical (unpaired) electrons. The third kappa shape index (κ3) is 1.86. The smallest absolute Gasteiger partial charge is 0.186 e. The van der Waals surface area contributed by atoms with Crippen molar-refractivity contribution in [3.8, 4) is 0 Å². The Morgan fingerprint density at radius 1 is 1.64 bits per heavy atom. The lowest BCUT2D eigenvalue weighted by molar-refractivity contribution is 0.0598. The first-order chi connectivity index (χ1) is 6.92. The van der Waals surface area contributed by atoms with Gasteiger partial charge in [0.25, 0.3) is 0 Å². The van der Waals surface area contributed by atoms with Gasteiger partial charge in [0.1, 0.15) is 0 Å². The number of nitrogens with zero attached hydrogens (tertiary/aromatic N) is 2. The van der Waals surface area contributed by atoms with Crippen LogP contribution in [0, 0.1) is 0 Å². The van der Waals surface area contributed by atoms with E-state index in [1.54, 1.807) is 13.3 Å². The van der Waals surface area contributed by atoms with Crippen LogP contribution in [-0.2, 0) is 4.74 Å². The lowest BCUT2D eigenvalue weighted by Gasteiger charge is -2.36. The molecule has 76 valence electrons. The lowest BCUT2D eigenvalue weighted by Crippen LogP contribution is -2.52. The highest BCUT2D eigenvalue weighted by atomic mass is 16.5. The molecular formula is C10H15N3O. The van der Waals surface area contributed by atoms with Gasteiger partial charge in [-0.05, 0) is 18.6 Å². The minimum absolute atomic E-state index is 0.0204. The standard InChI is InChI=1S/C10H15N3O/c1-14-10-12-6-3-7-13(10)9-4-2-5-11-8-9/h2,4-5,8,10,12H,3,6-7H2,1H3. The van der Waals surface area contributed by atoms with Crippen LogP contribution in [0.5, 0.6) is 0 Å². The van der Waals surface area contributed by atoms with E-state index in [1.807, 2.05) is 18.3 Å². The quantitative estimate of drug-likeness (QED) is 0.754. The molecule has 1 atom stereocenters. The molecule has 0 aromatic carbocycles. The second-order valence-corrected chi connectivity index (χ2v) is 3.30. The maximum absolute atomic E-state index is 5.35. The maximum Gasteiger partial charge on any atom is 0.186 e. The molecule has 0 aliphatic carbocycles. The number of methoxy groups -OCH3 is 1. The molecule has 1 aliphatic heterocycles. The van der Waals surface area contributed by atoms with E-state index in [1.165, 1.54) is 0 Å². The zero-order valence-electron chi connectivity index (χ0n) is 8.31. The summed E-state index contributed by atoms with van der Waals surface area (Å²) < 4.78 is 5.35. The number of ether oxygens (including phenoxy) is 1. The molecule has 1 aromatic rings. The third-order valence-corrected chi connectivity index (χ3v) is 2.38. The molecule has 0 spiro atoms. The van der Waals surface area contributed by atoms with E-state index in [9.17, 15) is 0 Å². The van der Waals surface area contributed by atoms with Crippen LogP contribution < -0.4 is 10.2 Å². The van der Waals surface area contributed by atoms with Crippen molar-refractivity contribution in [3.63, 3.8) is 0 Å². The fourth-order valence-corrected chi connectivity index (χ4v) is 1.70. The van der Waals surface area contributed by atoms with Crippen LogP contribution >= 0.6 is 0 Å². The number of rotatable bonds is 2. The Morgan fingerprint density at radius 2 is 2.57 bits per heavy atom. The molecule has 14 heavy (non-hydrogen) atoms. The molecule has 2 heterocycles. The van der Waals surface area contributed by atoms with Crippen molar-refractivity contribution >= 4 is 5.69 Å². The summed E-state index contributed by atoms with van der Waals surface area (Å²) in [5.41, 5.74) is 1.10. The van der Waals surface area contributed by atoms with Gasteiger partial charge in [0.15, 0.2) is 6.35 Å². The van der Waals surface area contributed by atoms with Crippen LogP contribution in [0.1, 0.15) is 6.42 Å². The predicted octanol–water partition coefficient (Wildman–Crippen LogP) is 0.811. The van der Waals surface area contributed by atoms with Crippen molar-refractivity contribution in [1.29, 1.82) is 0 Å². The third-order valence-electron chi connectivity index (χ3n) is 2.38. The topological polar surface area (TPSA) is 37.4 Å². The summed E-state index contributed by atoms with van der Waals surface area (Å²) in [5, 5.41) is 3.29. The maximum atomic E-state index is 5.35. The molecule has 1 aromatic heterocycles. The summed E-state index contributed by atoms with van der Waals surface area (Å²) >= 11 is 0. The van der Waals surface area contributed by atoms with Crippen LogP contribution in [0.4, 0.5) is 5.69 Å². The van der Waals surface area contributed by atoms with E-state index in [0.717, 1.165) is 25.2 Å². The van der Waals surface area contributed by atoms with Crippen molar-refractivity contribution in [1.82, 2.24) is 10.3 Å². The van der Waals surface area contributed by atoms with Crippen molar-refractivity contribution in [3.05, 3.63) is 24.5 Å². The number of nitrogens with one attached hydrogen (secondary N) is 1. The average Bonchev–Trinajstić information content (AvgIpc) is 2.30. The molecule has 1 unspecified atom stereocenters. The molecular weight excluding hydrogens is 178 g/mol. The van der Waals surface area contributed by atoms with Gasteiger partial charge < -0.3 is 9.64 Å². The fraction of sp³-hybridized carbons (Fsp3) is 0.500. The number of aromatic nitrogens is 1. The molecule has 2 rings (SSSR count). The van der Waals surface area contributed by atoms with E-state index in [-0.39, 0.29) is 6.35 Å². The zero-order chi connectivity index (χ0) is 9.80. The van der Waals surface area contributed by atoms with Crippen molar-refractivity contribution < 1.29 is 4.74 Å². The van der Waals surface area contributed by atoms with Crippen LogP contribution in [0.2, 0.25) is 0 Å². The highest BCUT2D eigenvalue weighted by Crippen LogP contribution is 2.17. The monoisotopic (exact) mass is 193 g/mol. The van der Waals surface area contributed by atoms with Crippen molar-refractivity contribution in [2.24, 2.45) is 0 Å². The van der Waals surface area contributed by atoms with E-state index in [2.05, 4.69) is 15.2 Å². The summed E-state index contributed by atoms with van der Waals surface area (Å²) in [7, 11) is 1.71. The molecule has 0 saturated carbocycles. The summed E-state index contributed by atoms with van der Waals surface area (Å²) in [6.45, 7) is 2.02. The van der Waals surface area contributed by atoms with Gasteiger partial charge in [0.05, 0.1) is 11.9 Å². The Bertz CT molecular complexity index is 278. The Hall–Kier alpha value is -1.13. The van der Waals surface area contributed by atoms with Gasteiger partial charge in [-0.3, -0.25) is 10.3 Å². The normalized spacial score (nSPS) is 22.4. The summed E-state index contributed by atoms with van der Waals surface area (Å²) in [4.78, 5) is 6.28.